The molecule has 6 nitrogen and oxygen atoms in total. The lowest BCUT2D eigenvalue weighted by Gasteiger charge is -2.20. The molecule has 0 bridgehead atoms. The minimum Gasteiger partial charge on any atom is -0.467 e. The first-order valence-corrected chi connectivity index (χ1v) is 5.76. The molecule has 2 atom stereocenters. The second-order valence-corrected chi connectivity index (χ2v) is 4.03. The van der Waals surface area contributed by atoms with Gasteiger partial charge in [0.1, 0.15) is 11.7 Å². The van der Waals surface area contributed by atoms with Crippen LogP contribution < -0.4 is 5.32 Å². The highest BCUT2D eigenvalue weighted by molar-refractivity contribution is 5.95. The second kappa shape index (κ2) is 7.11. The summed E-state index contributed by atoms with van der Waals surface area (Å²) in [6, 6.07) is 6.01. The molecule has 0 aliphatic carbocycles. The molecule has 1 rings (SSSR count). The van der Waals surface area contributed by atoms with Crippen molar-refractivity contribution in [3.05, 3.63) is 30.1 Å². The quantitative estimate of drug-likeness (QED) is 0.795. The Labute approximate surface area is 111 Å². The van der Waals surface area contributed by atoms with Gasteiger partial charge in [0.25, 0.3) is 5.91 Å². The van der Waals surface area contributed by atoms with E-state index < -0.39 is 17.9 Å². The van der Waals surface area contributed by atoms with E-state index in [0.29, 0.717) is 0 Å². The van der Waals surface area contributed by atoms with E-state index in [4.69, 9.17) is 5.26 Å². The van der Waals surface area contributed by atoms with E-state index in [1.807, 2.05) is 6.07 Å². The lowest BCUT2D eigenvalue weighted by atomic mass is 9.99. The highest BCUT2D eigenvalue weighted by Crippen LogP contribution is 2.10. The highest BCUT2D eigenvalue weighted by Gasteiger charge is 2.28. The Bertz CT molecular complexity index is 482. The predicted molar refractivity (Wildman–Crippen MR) is 66.9 cm³/mol. The summed E-state index contributed by atoms with van der Waals surface area (Å²) in [6.07, 6.45) is 1.63. The maximum absolute atomic E-state index is 11.9. The van der Waals surface area contributed by atoms with Gasteiger partial charge in [-0.2, -0.15) is 5.26 Å². The number of nitrogens with zero attached hydrogens (tertiary/aromatic N) is 2. The van der Waals surface area contributed by atoms with Crippen LogP contribution in [0.2, 0.25) is 0 Å². The van der Waals surface area contributed by atoms with Crippen molar-refractivity contribution in [1.82, 2.24) is 10.3 Å². The molecule has 100 valence electrons. The van der Waals surface area contributed by atoms with Crippen molar-refractivity contribution in [2.45, 2.75) is 19.4 Å². The van der Waals surface area contributed by atoms with Crippen LogP contribution in [-0.4, -0.2) is 30.0 Å². The van der Waals surface area contributed by atoms with Crippen molar-refractivity contribution >= 4 is 11.9 Å². The van der Waals surface area contributed by atoms with Crippen molar-refractivity contribution < 1.29 is 14.3 Å². The third-order valence-corrected chi connectivity index (χ3v) is 2.62. The van der Waals surface area contributed by atoms with Crippen molar-refractivity contribution in [3.63, 3.8) is 0 Å². The number of carbonyl (C=O) groups is 2. The normalized spacial score (nSPS) is 12.9. The number of methoxy groups -OCH3 is 1. The summed E-state index contributed by atoms with van der Waals surface area (Å²) in [7, 11) is 1.24. The zero-order valence-corrected chi connectivity index (χ0v) is 10.8. The summed E-state index contributed by atoms with van der Waals surface area (Å²) in [5, 5.41) is 11.2. The Kier molecular flexibility index (Phi) is 5.48. The van der Waals surface area contributed by atoms with E-state index in [0.717, 1.165) is 0 Å². The molecule has 0 aromatic carbocycles. The highest BCUT2D eigenvalue weighted by atomic mass is 16.5. The van der Waals surface area contributed by atoms with Gasteiger partial charge in [-0.1, -0.05) is 13.0 Å². The number of nitriles is 1. The van der Waals surface area contributed by atoms with Crippen LogP contribution in [0.4, 0.5) is 0 Å². The van der Waals surface area contributed by atoms with Crippen LogP contribution in [0, 0.1) is 17.2 Å². The molecule has 1 aromatic rings. The van der Waals surface area contributed by atoms with E-state index in [2.05, 4.69) is 15.0 Å². The average Bonchev–Trinajstić information content (AvgIpc) is 2.44. The Hall–Kier alpha value is -2.42. The first-order valence-electron chi connectivity index (χ1n) is 5.76. The van der Waals surface area contributed by atoms with Crippen LogP contribution in [0.25, 0.3) is 0 Å². The van der Waals surface area contributed by atoms with Gasteiger partial charge in [0.2, 0.25) is 0 Å². The molecule has 0 fully saturated rings. The molecule has 0 saturated heterocycles. The number of pyridine rings is 1. The molecule has 0 unspecified atom stereocenters. The van der Waals surface area contributed by atoms with Crippen LogP contribution in [0.3, 0.4) is 0 Å². The monoisotopic (exact) mass is 261 g/mol. The van der Waals surface area contributed by atoms with Crippen molar-refractivity contribution in [3.8, 4) is 6.07 Å². The number of ether oxygens (including phenoxy) is 1. The molecular weight excluding hydrogens is 246 g/mol. The number of amides is 1. The topological polar surface area (TPSA) is 92.1 Å². The Morgan fingerprint density at radius 1 is 1.53 bits per heavy atom. The summed E-state index contributed by atoms with van der Waals surface area (Å²) in [6.45, 7) is 1.70. The second-order valence-electron chi connectivity index (χ2n) is 4.03. The number of aromatic nitrogens is 1. The molecule has 0 aliphatic heterocycles. The van der Waals surface area contributed by atoms with Crippen molar-refractivity contribution in [1.29, 1.82) is 5.26 Å². The van der Waals surface area contributed by atoms with Crippen molar-refractivity contribution in [2.24, 2.45) is 5.92 Å². The smallest absolute Gasteiger partial charge is 0.328 e. The molecule has 1 amide bonds. The molecule has 1 aromatic heterocycles. The third kappa shape index (κ3) is 4.07. The zero-order valence-electron chi connectivity index (χ0n) is 10.8. The maximum Gasteiger partial charge on any atom is 0.328 e. The van der Waals surface area contributed by atoms with E-state index in [1.165, 1.54) is 13.3 Å². The number of carbonyl (C=O) groups excluding carboxylic acids is 2. The first kappa shape index (κ1) is 14.6. The third-order valence-electron chi connectivity index (χ3n) is 2.62. The molecular formula is C13H15N3O3. The van der Waals surface area contributed by atoms with Crippen LogP contribution >= 0.6 is 0 Å². The summed E-state index contributed by atoms with van der Waals surface area (Å²) >= 11 is 0. The largest absolute Gasteiger partial charge is 0.467 e. The fourth-order valence-corrected chi connectivity index (χ4v) is 1.53. The van der Waals surface area contributed by atoms with Gasteiger partial charge in [-0.05, 0) is 12.1 Å². The number of hydrogen-bond acceptors (Lipinski definition) is 5. The Morgan fingerprint density at radius 3 is 2.79 bits per heavy atom. The van der Waals surface area contributed by atoms with Gasteiger partial charge in [0.05, 0.1) is 13.2 Å². The van der Waals surface area contributed by atoms with E-state index >= 15 is 0 Å². The Morgan fingerprint density at radius 2 is 2.26 bits per heavy atom. The van der Waals surface area contributed by atoms with Gasteiger partial charge in [0, 0.05) is 18.5 Å². The minimum absolute atomic E-state index is 0.141. The predicted octanol–water partition coefficient (Wildman–Crippen LogP) is 0.903. The van der Waals surface area contributed by atoms with Crippen LogP contribution in [-0.2, 0) is 9.53 Å². The molecule has 0 radical (unpaired) electrons. The van der Waals surface area contributed by atoms with Crippen LogP contribution in [0.1, 0.15) is 23.8 Å². The molecule has 19 heavy (non-hydrogen) atoms. The standard InChI is InChI=1S/C13H15N3O3/c1-9(6-7-14)11(13(18)19-2)16-12(17)10-5-3-4-8-15-10/h3-5,8-9,11H,6H2,1-2H3,(H,16,17)/t9-,11+/m1/s1. The van der Waals surface area contributed by atoms with Crippen molar-refractivity contribution in [2.75, 3.05) is 7.11 Å². The summed E-state index contributed by atoms with van der Waals surface area (Å²) in [5.74, 6) is -1.39. The van der Waals surface area contributed by atoms with Gasteiger partial charge in [-0.3, -0.25) is 9.78 Å². The lowest BCUT2D eigenvalue weighted by molar-refractivity contribution is -0.144. The Balaban J connectivity index is 2.81. The van der Waals surface area contributed by atoms with Crippen LogP contribution in [0.5, 0.6) is 0 Å². The fraction of sp³-hybridized carbons (Fsp3) is 0.385. The van der Waals surface area contributed by atoms with E-state index in [9.17, 15) is 9.59 Å². The summed E-state index contributed by atoms with van der Waals surface area (Å²) in [5.41, 5.74) is 0.209. The summed E-state index contributed by atoms with van der Waals surface area (Å²) in [4.78, 5) is 27.4. The lowest BCUT2D eigenvalue weighted by Crippen LogP contribution is -2.46. The average molecular weight is 261 g/mol. The van der Waals surface area contributed by atoms with Gasteiger partial charge in [-0.25, -0.2) is 4.79 Å². The fourth-order valence-electron chi connectivity index (χ4n) is 1.53. The number of rotatable bonds is 5. The first-order chi connectivity index (χ1) is 9.10. The van der Waals surface area contributed by atoms with Gasteiger partial charge in [0.15, 0.2) is 0 Å². The molecule has 6 heteroatoms. The molecule has 0 saturated carbocycles. The van der Waals surface area contributed by atoms with E-state index in [1.54, 1.807) is 25.1 Å². The van der Waals surface area contributed by atoms with Gasteiger partial charge >= 0.3 is 5.97 Å². The number of nitrogens with one attached hydrogen (secondary N) is 1. The molecule has 0 spiro atoms. The zero-order chi connectivity index (χ0) is 14.3. The molecule has 1 N–H and O–H groups in total. The number of hydrogen-bond donors (Lipinski definition) is 1. The molecule has 1 heterocycles. The minimum atomic E-state index is -0.862. The molecule has 0 aliphatic rings. The SMILES string of the molecule is COC(=O)[C@@H](NC(=O)c1ccccn1)[C@H](C)CC#N. The van der Waals surface area contributed by atoms with Gasteiger partial charge < -0.3 is 10.1 Å². The number of esters is 1. The van der Waals surface area contributed by atoms with Gasteiger partial charge in [-0.15, -0.1) is 0 Å². The van der Waals surface area contributed by atoms with E-state index in [-0.39, 0.29) is 18.0 Å². The summed E-state index contributed by atoms with van der Waals surface area (Å²) < 4.78 is 4.63. The van der Waals surface area contributed by atoms with Crippen LogP contribution in [0.15, 0.2) is 24.4 Å². The maximum atomic E-state index is 11.9.